The molecule has 0 radical (unpaired) electrons. The number of pyridine rings is 1. The molecule has 9 heteroatoms. The molecule has 2 unspecified atom stereocenters. The number of aromatic nitrogens is 1. The molecule has 4 rings (SSSR count). The normalized spacial score (nSPS) is 19.6. The zero-order valence-electron chi connectivity index (χ0n) is 18.2. The largest absolute Gasteiger partial charge is 0.449 e. The Bertz CT molecular complexity index is 1050. The summed E-state index contributed by atoms with van der Waals surface area (Å²) in [7, 11) is 0. The number of hydrogen-bond acceptors (Lipinski definition) is 7. The van der Waals surface area contributed by atoms with Crippen LogP contribution in [0.2, 0.25) is 0 Å². The van der Waals surface area contributed by atoms with E-state index in [1.165, 1.54) is 17.4 Å². The van der Waals surface area contributed by atoms with E-state index in [1.807, 2.05) is 6.07 Å². The van der Waals surface area contributed by atoms with Gasteiger partial charge < -0.3 is 20.1 Å². The minimum Gasteiger partial charge on any atom is -0.449 e. The standard InChI is InChI=1S/C24H26N4O4S/c25-12-20-19-7-5-17(15-32-24(30)27-14-18-4-2-10-31-18)11-21(19)33-23(20)28-22(29)8-6-16-3-1-9-26-13-16/h1,3,6,8-9,13,17-18H,2,4-5,7,10-11,14-15H2,(H,27,30)(H,28,29). The maximum absolute atomic E-state index is 12.4. The van der Waals surface area contributed by atoms with Crippen LogP contribution in [0.1, 0.15) is 40.8 Å². The van der Waals surface area contributed by atoms with Gasteiger partial charge in [0, 0.05) is 36.5 Å². The van der Waals surface area contributed by atoms with Crippen molar-refractivity contribution in [2.75, 3.05) is 25.1 Å². The lowest BCUT2D eigenvalue weighted by atomic mass is 9.88. The second kappa shape index (κ2) is 11.1. The minimum atomic E-state index is -0.423. The molecule has 1 aliphatic heterocycles. The van der Waals surface area contributed by atoms with E-state index >= 15 is 0 Å². The monoisotopic (exact) mass is 466 g/mol. The van der Waals surface area contributed by atoms with Gasteiger partial charge in [-0.15, -0.1) is 11.3 Å². The third-order valence-corrected chi connectivity index (χ3v) is 6.95. The van der Waals surface area contributed by atoms with Crippen LogP contribution in [0.5, 0.6) is 0 Å². The third kappa shape index (κ3) is 6.18. The molecular weight excluding hydrogens is 440 g/mol. The van der Waals surface area contributed by atoms with Crippen LogP contribution in [0.3, 0.4) is 0 Å². The van der Waals surface area contributed by atoms with Crippen LogP contribution < -0.4 is 10.6 Å². The van der Waals surface area contributed by atoms with E-state index in [0.717, 1.165) is 54.7 Å². The summed E-state index contributed by atoms with van der Waals surface area (Å²) in [5, 5.41) is 15.8. The van der Waals surface area contributed by atoms with Crippen molar-refractivity contribution in [2.24, 2.45) is 5.92 Å². The van der Waals surface area contributed by atoms with Crippen LogP contribution in [-0.4, -0.2) is 42.8 Å². The van der Waals surface area contributed by atoms with E-state index in [1.54, 1.807) is 24.5 Å². The number of carbonyl (C=O) groups excluding carboxylic acids is 2. The molecule has 2 aromatic rings. The van der Waals surface area contributed by atoms with Crippen LogP contribution in [0.4, 0.5) is 9.80 Å². The molecule has 2 aromatic heterocycles. The Morgan fingerprint density at radius 1 is 1.39 bits per heavy atom. The summed E-state index contributed by atoms with van der Waals surface area (Å²) >= 11 is 1.43. The van der Waals surface area contributed by atoms with Gasteiger partial charge in [-0.1, -0.05) is 6.07 Å². The number of carbonyl (C=O) groups is 2. The maximum Gasteiger partial charge on any atom is 0.407 e. The zero-order chi connectivity index (χ0) is 23.0. The first-order valence-corrected chi connectivity index (χ1v) is 11.9. The third-order valence-electron chi connectivity index (χ3n) is 5.78. The Morgan fingerprint density at radius 2 is 2.30 bits per heavy atom. The fourth-order valence-electron chi connectivity index (χ4n) is 4.05. The lowest BCUT2D eigenvalue weighted by Crippen LogP contribution is -2.33. The maximum atomic E-state index is 12.4. The molecule has 1 saturated heterocycles. The lowest BCUT2D eigenvalue weighted by molar-refractivity contribution is -0.111. The highest BCUT2D eigenvalue weighted by atomic mass is 32.1. The van der Waals surface area contributed by atoms with Gasteiger partial charge >= 0.3 is 6.09 Å². The molecule has 1 aliphatic carbocycles. The van der Waals surface area contributed by atoms with Crippen molar-refractivity contribution in [3.05, 3.63) is 52.2 Å². The Labute approximate surface area is 196 Å². The number of anilines is 1. The first kappa shape index (κ1) is 23.0. The molecule has 3 heterocycles. The number of nitriles is 1. The molecule has 0 aromatic carbocycles. The molecule has 0 bridgehead atoms. The highest BCUT2D eigenvalue weighted by Crippen LogP contribution is 2.39. The van der Waals surface area contributed by atoms with Gasteiger partial charge in [0.05, 0.1) is 18.3 Å². The van der Waals surface area contributed by atoms with Crippen molar-refractivity contribution in [3.63, 3.8) is 0 Å². The van der Waals surface area contributed by atoms with Crippen LogP contribution >= 0.6 is 11.3 Å². The first-order valence-electron chi connectivity index (χ1n) is 11.1. The average molecular weight is 467 g/mol. The van der Waals surface area contributed by atoms with E-state index < -0.39 is 6.09 Å². The molecule has 2 atom stereocenters. The molecular formula is C24H26N4O4S. The van der Waals surface area contributed by atoms with Crippen molar-refractivity contribution >= 4 is 34.4 Å². The summed E-state index contributed by atoms with van der Waals surface area (Å²) < 4.78 is 10.9. The van der Waals surface area contributed by atoms with Crippen molar-refractivity contribution in [2.45, 2.75) is 38.2 Å². The predicted molar refractivity (Wildman–Crippen MR) is 125 cm³/mol. The van der Waals surface area contributed by atoms with Gasteiger partial charge in [-0.3, -0.25) is 9.78 Å². The summed E-state index contributed by atoms with van der Waals surface area (Å²) in [5.74, 6) is -0.109. The van der Waals surface area contributed by atoms with Gasteiger partial charge in [-0.25, -0.2) is 4.79 Å². The fourth-order valence-corrected chi connectivity index (χ4v) is 5.37. The highest BCUT2D eigenvalue weighted by molar-refractivity contribution is 7.16. The Hall–Kier alpha value is -3.22. The van der Waals surface area contributed by atoms with Crippen molar-refractivity contribution < 1.29 is 19.1 Å². The molecule has 0 saturated carbocycles. The van der Waals surface area contributed by atoms with E-state index in [4.69, 9.17) is 9.47 Å². The number of thiophene rings is 1. The number of nitrogens with one attached hydrogen (secondary N) is 2. The fraction of sp³-hybridized carbons (Fsp3) is 0.417. The summed E-state index contributed by atoms with van der Waals surface area (Å²) in [6.07, 6.45) is 10.4. The second-order valence-electron chi connectivity index (χ2n) is 8.15. The first-order chi connectivity index (χ1) is 16.1. The molecule has 33 heavy (non-hydrogen) atoms. The molecule has 0 spiro atoms. The van der Waals surface area contributed by atoms with Crippen LogP contribution in [0, 0.1) is 17.2 Å². The van der Waals surface area contributed by atoms with Gasteiger partial charge in [0.2, 0.25) is 5.91 Å². The van der Waals surface area contributed by atoms with E-state index in [9.17, 15) is 14.9 Å². The molecule has 2 N–H and O–H groups in total. The van der Waals surface area contributed by atoms with Gasteiger partial charge in [-0.05, 0) is 61.3 Å². The average Bonchev–Trinajstić information content (AvgIpc) is 3.47. The summed E-state index contributed by atoms with van der Waals surface area (Å²) in [6.45, 7) is 1.55. The van der Waals surface area contributed by atoms with E-state index in [2.05, 4.69) is 21.7 Å². The van der Waals surface area contributed by atoms with Crippen molar-refractivity contribution in [1.29, 1.82) is 5.26 Å². The molecule has 8 nitrogen and oxygen atoms in total. The Morgan fingerprint density at radius 3 is 3.06 bits per heavy atom. The topological polar surface area (TPSA) is 113 Å². The summed E-state index contributed by atoms with van der Waals surface area (Å²) in [5.41, 5.74) is 2.35. The molecule has 172 valence electrons. The summed E-state index contributed by atoms with van der Waals surface area (Å²) in [4.78, 5) is 29.4. The van der Waals surface area contributed by atoms with Crippen LogP contribution in [0.15, 0.2) is 30.6 Å². The highest BCUT2D eigenvalue weighted by Gasteiger charge is 2.27. The summed E-state index contributed by atoms with van der Waals surface area (Å²) in [6, 6.07) is 5.90. The number of alkyl carbamates (subject to hydrolysis) is 1. The van der Waals surface area contributed by atoms with Gasteiger partial charge in [-0.2, -0.15) is 5.26 Å². The predicted octanol–water partition coefficient (Wildman–Crippen LogP) is 3.68. The number of rotatable bonds is 7. The quantitative estimate of drug-likeness (QED) is 0.602. The van der Waals surface area contributed by atoms with Crippen molar-refractivity contribution in [3.8, 4) is 6.07 Å². The number of hydrogen-bond donors (Lipinski definition) is 2. The Kier molecular flexibility index (Phi) is 7.70. The lowest BCUT2D eigenvalue weighted by Gasteiger charge is -2.22. The number of nitrogens with zero attached hydrogens (tertiary/aromatic N) is 2. The van der Waals surface area contributed by atoms with Gasteiger partial charge in [0.1, 0.15) is 11.1 Å². The SMILES string of the molecule is N#Cc1c(NC(=O)C=Cc2cccnc2)sc2c1CCC(COC(=O)NCC1CCCO1)C2. The van der Waals surface area contributed by atoms with Crippen molar-refractivity contribution in [1.82, 2.24) is 10.3 Å². The minimum absolute atomic E-state index is 0.0816. The van der Waals surface area contributed by atoms with Gasteiger partial charge in [0.15, 0.2) is 0 Å². The molecule has 2 aliphatic rings. The molecule has 1 fully saturated rings. The number of fused-ring (bicyclic) bond motifs is 1. The van der Waals surface area contributed by atoms with E-state index in [-0.39, 0.29) is 17.9 Å². The van der Waals surface area contributed by atoms with Crippen LogP contribution in [0.25, 0.3) is 6.08 Å². The molecule has 2 amide bonds. The Balaban J connectivity index is 1.30. The van der Waals surface area contributed by atoms with Gasteiger partial charge in [0.25, 0.3) is 0 Å². The van der Waals surface area contributed by atoms with E-state index in [0.29, 0.717) is 23.7 Å². The smallest absolute Gasteiger partial charge is 0.407 e. The number of ether oxygens (including phenoxy) is 2. The number of amides is 2. The van der Waals surface area contributed by atoms with Crippen LogP contribution in [-0.2, 0) is 27.1 Å². The zero-order valence-corrected chi connectivity index (χ0v) is 19.0. The second-order valence-corrected chi connectivity index (χ2v) is 9.26.